The molecule has 0 unspecified atom stereocenters. The van der Waals surface area contributed by atoms with Crippen LogP contribution in [-0.4, -0.2) is 64.8 Å². The molecule has 1 saturated heterocycles. The molecule has 12 heteroatoms. The van der Waals surface area contributed by atoms with E-state index in [1.165, 1.54) is 23.6 Å². The molecule has 11 nitrogen and oxygen atoms in total. The van der Waals surface area contributed by atoms with Crippen LogP contribution in [0.5, 0.6) is 0 Å². The second kappa shape index (κ2) is 11.0. The first-order chi connectivity index (χ1) is 17.8. The lowest BCUT2D eigenvalue weighted by molar-refractivity contribution is -0.171. The summed E-state index contributed by atoms with van der Waals surface area (Å²) in [6.45, 7) is 7.84. The average molecular weight is 529 g/mol. The number of amides is 2. The fourth-order valence-electron chi connectivity index (χ4n) is 4.10. The largest absolute Gasteiger partial charge is 0.510 e. The van der Waals surface area contributed by atoms with Gasteiger partial charge in [0.05, 0.1) is 36.0 Å². The molecule has 2 heterocycles. The van der Waals surface area contributed by atoms with Crippen LogP contribution in [0.3, 0.4) is 0 Å². The number of nitrogens with one attached hydrogen (secondary N) is 1. The van der Waals surface area contributed by atoms with Crippen molar-refractivity contribution in [2.45, 2.75) is 46.3 Å². The number of hydrogen-bond donors (Lipinski definition) is 1. The van der Waals surface area contributed by atoms with Crippen molar-refractivity contribution in [2.24, 2.45) is 7.05 Å². The first-order valence-corrected chi connectivity index (χ1v) is 11.7. The summed E-state index contributed by atoms with van der Waals surface area (Å²) >= 11 is 0. The molecule has 0 saturated carbocycles. The average Bonchev–Trinajstić information content (AvgIpc) is 3.05. The zero-order chi connectivity index (χ0) is 28.4. The Hall–Kier alpha value is -4.24. The van der Waals surface area contributed by atoms with E-state index in [0.717, 1.165) is 11.0 Å². The molecule has 2 amide bonds. The van der Waals surface area contributed by atoms with Crippen molar-refractivity contribution < 1.29 is 37.8 Å². The van der Waals surface area contributed by atoms with Crippen molar-refractivity contribution in [3.8, 4) is 6.07 Å². The predicted molar refractivity (Wildman–Crippen MR) is 132 cm³/mol. The lowest BCUT2D eigenvalue weighted by Gasteiger charge is -2.46. The SMILES string of the molecule is Cc1c(C(=O)C(=O)N(COC(=O)OC(C)C)C2(C)COC2)c(C)n(C)c1C(=O)Nc1ccc(F)c(C#N)c1. The Morgan fingerprint density at radius 1 is 1.26 bits per heavy atom. The molecule has 1 aliphatic heterocycles. The van der Waals surface area contributed by atoms with Gasteiger partial charge in [-0.15, -0.1) is 0 Å². The minimum Gasteiger partial charge on any atom is -0.432 e. The standard InChI is InChI=1S/C26H29FN4O7/c1-14(2)38-25(35)37-13-31(26(5)11-36-12-26)24(34)22(32)20-15(3)21(30(6)16(20)4)23(33)29-18-7-8-19(27)17(9-18)10-28/h7-9,14H,11-13H2,1-6H3,(H,29,33). The van der Waals surface area contributed by atoms with Crippen LogP contribution in [0.1, 0.15) is 58.4 Å². The molecule has 0 bridgehead atoms. The van der Waals surface area contributed by atoms with Crippen LogP contribution in [0, 0.1) is 31.0 Å². The van der Waals surface area contributed by atoms with E-state index in [0.29, 0.717) is 5.69 Å². The molecule has 202 valence electrons. The van der Waals surface area contributed by atoms with E-state index in [4.69, 9.17) is 19.5 Å². The fraction of sp³-hybridized carbons (Fsp3) is 0.423. The van der Waals surface area contributed by atoms with Crippen molar-refractivity contribution in [3.63, 3.8) is 0 Å². The summed E-state index contributed by atoms with van der Waals surface area (Å²) in [5, 5.41) is 11.6. The lowest BCUT2D eigenvalue weighted by Crippen LogP contribution is -2.63. The summed E-state index contributed by atoms with van der Waals surface area (Å²) in [6.07, 6.45) is -1.42. The van der Waals surface area contributed by atoms with Gasteiger partial charge in [0.25, 0.3) is 17.6 Å². The maximum Gasteiger partial charge on any atom is 0.510 e. The minimum absolute atomic E-state index is 0.0260. The van der Waals surface area contributed by atoms with Crippen LogP contribution in [0.25, 0.3) is 0 Å². The molecule has 0 atom stereocenters. The number of Topliss-reactive ketones (excluding diaryl/α,β-unsaturated/α-hetero) is 1. The molecular weight excluding hydrogens is 499 g/mol. The maximum atomic E-state index is 13.7. The topological polar surface area (TPSA) is 140 Å². The monoisotopic (exact) mass is 528 g/mol. The Kier molecular flexibility index (Phi) is 8.22. The Labute approximate surface area is 219 Å². The highest BCUT2D eigenvalue weighted by molar-refractivity contribution is 6.43. The van der Waals surface area contributed by atoms with E-state index in [-0.39, 0.29) is 41.3 Å². The second-order valence-corrected chi connectivity index (χ2v) is 9.50. The van der Waals surface area contributed by atoms with Crippen molar-refractivity contribution >= 4 is 29.4 Å². The van der Waals surface area contributed by atoms with Gasteiger partial charge in [0, 0.05) is 18.4 Å². The van der Waals surface area contributed by atoms with Crippen LogP contribution in [0.4, 0.5) is 14.9 Å². The Bertz CT molecular complexity index is 1340. The highest BCUT2D eigenvalue weighted by Gasteiger charge is 2.45. The molecule has 38 heavy (non-hydrogen) atoms. The van der Waals surface area contributed by atoms with Gasteiger partial charge in [0.1, 0.15) is 17.6 Å². The third-order valence-electron chi connectivity index (χ3n) is 6.28. The molecule has 1 aromatic heterocycles. The van der Waals surface area contributed by atoms with Crippen molar-refractivity contribution in [2.75, 3.05) is 25.3 Å². The van der Waals surface area contributed by atoms with E-state index in [2.05, 4.69) is 5.32 Å². The maximum absolute atomic E-state index is 13.7. The van der Waals surface area contributed by atoms with Crippen LogP contribution in [0.2, 0.25) is 0 Å². The van der Waals surface area contributed by atoms with Gasteiger partial charge in [-0.1, -0.05) is 0 Å². The molecule has 1 N–H and O–H groups in total. The summed E-state index contributed by atoms with van der Waals surface area (Å²) in [5.41, 5.74) is -0.206. The van der Waals surface area contributed by atoms with Gasteiger partial charge in [-0.05, 0) is 58.4 Å². The van der Waals surface area contributed by atoms with Gasteiger partial charge in [-0.25, -0.2) is 9.18 Å². The van der Waals surface area contributed by atoms with Gasteiger partial charge >= 0.3 is 6.16 Å². The third kappa shape index (κ3) is 5.52. The molecular formula is C26H29FN4O7. The fourth-order valence-corrected chi connectivity index (χ4v) is 4.10. The smallest absolute Gasteiger partial charge is 0.432 e. The Balaban J connectivity index is 1.88. The number of ether oxygens (including phenoxy) is 3. The van der Waals surface area contributed by atoms with Crippen molar-refractivity contribution in [1.82, 2.24) is 9.47 Å². The molecule has 0 spiro atoms. The van der Waals surface area contributed by atoms with Gasteiger partial charge in [-0.2, -0.15) is 5.26 Å². The molecule has 0 aliphatic carbocycles. The van der Waals surface area contributed by atoms with E-state index in [1.54, 1.807) is 40.8 Å². The molecule has 1 aromatic carbocycles. The van der Waals surface area contributed by atoms with Gasteiger partial charge in [0.2, 0.25) is 0 Å². The summed E-state index contributed by atoms with van der Waals surface area (Å²) in [4.78, 5) is 53.0. The van der Waals surface area contributed by atoms with E-state index in [9.17, 15) is 23.6 Å². The number of carbonyl (C=O) groups excluding carboxylic acids is 4. The van der Waals surface area contributed by atoms with Crippen LogP contribution in [0.15, 0.2) is 18.2 Å². The molecule has 1 fully saturated rings. The van der Waals surface area contributed by atoms with Crippen molar-refractivity contribution in [1.29, 1.82) is 5.26 Å². The Morgan fingerprint density at radius 2 is 1.92 bits per heavy atom. The summed E-state index contributed by atoms with van der Waals surface area (Å²) < 4.78 is 30.4. The predicted octanol–water partition coefficient (Wildman–Crippen LogP) is 3.22. The molecule has 0 radical (unpaired) electrons. The number of halogens is 1. The third-order valence-corrected chi connectivity index (χ3v) is 6.28. The number of carbonyl (C=O) groups is 4. The van der Waals surface area contributed by atoms with Crippen LogP contribution in [-0.2, 0) is 26.1 Å². The number of rotatable bonds is 8. The molecule has 1 aliphatic rings. The first kappa shape index (κ1) is 28.3. The molecule has 2 aromatic rings. The van der Waals surface area contributed by atoms with Crippen LogP contribution < -0.4 is 5.32 Å². The first-order valence-electron chi connectivity index (χ1n) is 11.7. The zero-order valence-corrected chi connectivity index (χ0v) is 22.0. The number of nitrogens with zero attached hydrogens (tertiary/aromatic N) is 3. The number of hydrogen-bond acceptors (Lipinski definition) is 8. The van der Waals surface area contributed by atoms with Gasteiger partial charge < -0.3 is 24.1 Å². The van der Waals surface area contributed by atoms with Gasteiger partial charge in [0.15, 0.2) is 6.73 Å². The Morgan fingerprint density at radius 3 is 2.47 bits per heavy atom. The number of benzene rings is 1. The van der Waals surface area contributed by atoms with Crippen LogP contribution >= 0.6 is 0 Å². The quantitative estimate of drug-likeness (QED) is 0.238. The highest BCUT2D eigenvalue weighted by atomic mass is 19.1. The van der Waals surface area contributed by atoms with E-state index in [1.807, 2.05) is 0 Å². The number of aromatic nitrogens is 1. The highest BCUT2D eigenvalue weighted by Crippen LogP contribution is 2.28. The van der Waals surface area contributed by atoms with E-state index < -0.39 is 47.9 Å². The van der Waals surface area contributed by atoms with Gasteiger partial charge in [-0.3, -0.25) is 19.3 Å². The zero-order valence-electron chi connectivity index (χ0n) is 22.0. The van der Waals surface area contributed by atoms with E-state index >= 15 is 0 Å². The number of anilines is 1. The normalized spacial score (nSPS) is 13.8. The summed E-state index contributed by atoms with van der Waals surface area (Å²) in [6, 6.07) is 5.26. The second-order valence-electron chi connectivity index (χ2n) is 9.50. The number of nitriles is 1. The minimum atomic E-state index is -0.986. The number of ketones is 1. The van der Waals surface area contributed by atoms with Crippen molar-refractivity contribution in [3.05, 3.63) is 52.1 Å². The molecule has 3 rings (SSSR count). The summed E-state index contributed by atoms with van der Waals surface area (Å²) in [7, 11) is 1.56. The summed E-state index contributed by atoms with van der Waals surface area (Å²) in [5.74, 6) is -3.17. The lowest BCUT2D eigenvalue weighted by atomic mass is 9.96.